The Kier molecular flexibility index (Phi) is 4.32. The van der Waals surface area contributed by atoms with Gasteiger partial charge in [0, 0.05) is 17.8 Å². The molecular formula is C17H17FN4O. The number of rotatable bonds is 5. The van der Waals surface area contributed by atoms with E-state index in [2.05, 4.69) is 34.3 Å². The highest BCUT2D eigenvalue weighted by molar-refractivity contribution is 5.60. The van der Waals surface area contributed by atoms with Gasteiger partial charge in [-0.3, -0.25) is 0 Å². The van der Waals surface area contributed by atoms with Crippen LogP contribution in [0.4, 0.5) is 10.2 Å². The Hall–Kier alpha value is -2.76. The summed E-state index contributed by atoms with van der Waals surface area (Å²) in [5.41, 5.74) is 1.29. The van der Waals surface area contributed by atoms with E-state index in [4.69, 9.17) is 4.52 Å². The maximum atomic E-state index is 13.3. The molecule has 0 bridgehead atoms. The quantitative estimate of drug-likeness (QED) is 0.767. The van der Waals surface area contributed by atoms with Crippen molar-refractivity contribution in [3.63, 3.8) is 0 Å². The first-order chi connectivity index (χ1) is 11.2. The summed E-state index contributed by atoms with van der Waals surface area (Å²) in [5.74, 6) is 1.16. The van der Waals surface area contributed by atoms with Crippen LogP contribution >= 0.6 is 0 Å². The van der Waals surface area contributed by atoms with E-state index in [1.54, 1.807) is 18.3 Å². The van der Waals surface area contributed by atoms with E-state index < -0.39 is 0 Å². The molecule has 2 heterocycles. The third kappa shape index (κ3) is 3.53. The molecule has 1 aromatic carbocycles. The first-order valence-electron chi connectivity index (χ1n) is 7.48. The fourth-order valence-electron chi connectivity index (χ4n) is 2.05. The maximum absolute atomic E-state index is 13.3. The van der Waals surface area contributed by atoms with Crippen molar-refractivity contribution >= 4 is 5.82 Å². The van der Waals surface area contributed by atoms with Crippen molar-refractivity contribution in [3.8, 4) is 22.8 Å². The van der Waals surface area contributed by atoms with E-state index >= 15 is 0 Å². The normalized spacial score (nSPS) is 12.1. The molecule has 0 spiro atoms. The zero-order valence-corrected chi connectivity index (χ0v) is 13.0. The minimum Gasteiger partial charge on any atom is -0.368 e. The summed E-state index contributed by atoms with van der Waals surface area (Å²) < 4.78 is 18.5. The topological polar surface area (TPSA) is 63.8 Å². The fraction of sp³-hybridized carbons (Fsp3) is 0.235. The smallest absolute Gasteiger partial charge is 0.259 e. The van der Waals surface area contributed by atoms with Crippen LogP contribution in [0.2, 0.25) is 0 Å². The Morgan fingerprint density at radius 1 is 1.22 bits per heavy atom. The number of nitrogens with one attached hydrogen (secondary N) is 1. The van der Waals surface area contributed by atoms with Crippen LogP contribution in [0.25, 0.3) is 22.8 Å². The Morgan fingerprint density at radius 3 is 2.78 bits per heavy atom. The Labute approximate surface area is 133 Å². The first kappa shape index (κ1) is 15.1. The van der Waals surface area contributed by atoms with Crippen molar-refractivity contribution in [2.45, 2.75) is 26.3 Å². The molecule has 0 saturated heterocycles. The molecule has 0 amide bonds. The minimum absolute atomic E-state index is 0.337. The van der Waals surface area contributed by atoms with Gasteiger partial charge in [0.25, 0.3) is 5.89 Å². The molecule has 5 nitrogen and oxygen atoms in total. The number of benzene rings is 1. The lowest BCUT2D eigenvalue weighted by atomic mass is 10.2. The van der Waals surface area contributed by atoms with Crippen molar-refractivity contribution in [1.82, 2.24) is 15.1 Å². The Morgan fingerprint density at radius 2 is 2.09 bits per heavy atom. The van der Waals surface area contributed by atoms with Gasteiger partial charge >= 0.3 is 0 Å². The molecule has 3 rings (SSSR count). The van der Waals surface area contributed by atoms with Crippen molar-refractivity contribution in [2.24, 2.45) is 0 Å². The van der Waals surface area contributed by atoms with Crippen LogP contribution in [0.15, 0.2) is 47.1 Å². The monoisotopic (exact) mass is 312 g/mol. The molecule has 0 fully saturated rings. The molecule has 0 saturated carbocycles. The van der Waals surface area contributed by atoms with Gasteiger partial charge in [0.2, 0.25) is 5.82 Å². The van der Waals surface area contributed by atoms with Gasteiger partial charge in [0.05, 0.1) is 5.56 Å². The summed E-state index contributed by atoms with van der Waals surface area (Å²) in [6.45, 7) is 4.21. The molecular weight excluding hydrogens is 295 g/mol. The number of aromatic nitrogens is 3. The molecule has 1 atom stereocenters. The third-order valence-electron chi connectivity index (χ3n) is 3.53. The number of nitrogens with zero attached hydrogens (tertiary/aromatic N) is 3. The molecule has 0 radical (unpaired) electrons. The molecule has 0 aliphatic heterocycles. The van der Waals surface area contributed by atoms with Crippen LogP contribution < -0.4 is 5.32 Å². The molecule has 118 valence electrons. The molecule has 2 aromatic heterocycles. The summed E-state index contributed by atoms with van der Waals surface area (Å²) in [5, 5.41) is 7.18. The largest absolute Gasteiger partial charge is 0.368 e. The second-order valence-corrected chi connectivity index (χ2v) is 5.32. The second-order valence-electron chi connectivity index (χ2n) is 5.32. The average molecular weight is 312 g/mol. The average Bonchev–Trinajstić information content (AvgIpc) is 3.05. The zero-order valence-electron chi connectivity index (χ0n) is 13.0. The van der Waals surface area contributed by atoms with Crippen LogP contribution in [0.1, 0.15) is 20.3 Å². The molecule has 23 heavy (non-hydrogen) atoms. The van der Waals surface area contributed by atoms with Crippen molar-refractivity contribution in [3.05, 3.63) is 48.4 Å². The highest BCUT2D eigenvalue weighted by atomic mass is 19.1. The number of pyridine rings is 1. The van der Waals surface area contributed by atoms with E-state index in [1.165, 1.54) is 12.1 Å². The number of anilines is 1. The fourth-order valence-corrected chi connectivity index (χ4v) is 2.05. The Balaban J connectivity index is 1.80. The van der Waals surface area contributed by atoms with E-state index in [1.807, 2.05) is 12.1 Å². The van der Waals surface area contributed by atoms with E-state index in [9.17, 15) is 4.39 Å². The van der Waals surface area contributed by atoms with Gasteiger partial charge in [-0.2, -0.15) is 4.98 Å². The lowest BCUT2D eigenvalue weighted by molar-refractivity contribution is 0.432. The van der Waals surface area contributed by atoms with Gasteiger partial charge in [0.1, 0.15) is 11.6 Å². The van der Waals surface area contributed by atoms with Crippen molar-refractivity contribution < 1.29 is 8.91 Å². The Bertz CT molecular complexity index is 785. The van der Waals surface area contributed by atoms with E-state index in [-0.39, 0.29) is 5.82 Å². The van der Waals surface area contributed by atoms with E-state index in [0.717, 1.165) is 17.8 Å². The van der Waals surface area contributed by atoms with Gasteiger partial charge in [-0.05, 0) is 37.6 Å². The van der Waals surface area contributed by atoms with Gasteiger partial charge in [-0.25, -0.2) is 9.37 Å². The molecule has 3 aromatic rings. The van der Waals surface area contributed by atoms with Gasteiger partial charge < -0.3 is 9.84 Å². The summed E-state index contributed by atoms with van der Waals surface area (Å²) in [4.78, 5) is 8.63. The maximum Gasteiger partial charge on any atom is 0.259 e. The summed E-state index contributed by atoms with van der Waals surface area (Å²) >= 11 is 0. The van der Waals surface area contributed by atoms with Crippen LogP contribution in [-0.4, -0.2) is 21.2 Å². The second kappa shape index (κ2) is 6.56. The number of hydrogen-bond donors (Lipinski definition) is 1. The highest BCUT2D eigenvalue weighted by Crippen LogP contribution is 2.23. The standard InChI is InChI=1S/C17H17FN4O/c1-3-11(2)20-15-8-7-13(10-19-15)17-21-16(22-23-17)12-5-4-6-14(18)9-12/h4-11H,3H2,1-2H3,(H,19,20)/t11-/m1/s1. The number of halogens is 1. The number of hydrogen-bond acceptors (Lipinski definition) is 5. The van der Waals surface area contributed by atoms with Gasteiger partial charge in [-0.1, -0.05) is 24.2 Å². The van der Waals surface area contributed by atoms with Crippen molar-refractivity contribution in [1.29, 1.82) is 0 Å². The predicted octanol–water partition coefficient (Wildman–Crippen LogP) is 4.15. The molecule has 0 aliphatic carbocycles. The van der Waals surface area contributed by atoms with Crippen LogP contribution in [0.5, 0.6) is 0 Å². The first-order valence-corrected chi connectivity index (χ1v) is 7.48. The lowest BCUT2D eigenvalue weighted by Crippen LogP contribution is -2.14. The molecule has 6 heteroatoms. The van der Waals surface area contributed by atoms with Crippen LogP contribution in [0, 0.1) is 5.82 Å². The van der Waals surface area contributed by atoms with Gasteiger partial charge in [-0.15, -0.1) is 0 Å². The molecule has 0 unspecified atom stereocenters. The van der Waals surface area contributed by atoms with Crippen LogP contribution in [0.3, 0.4) is 0 Å². The van der Waals surface area contributed by atoms with Gasteiger partial charge in [0.15, 0.2) is 0 Å². The van der Waals surface area contributed by atoms with Crippen molar-refractivity contribution in [2.75, 3.05) is 5.32 Å². The summed E-state index contributed by atoms with van der Waals surface area (Å²) in [7, 11) is 0. The lowest BCUT2D eigenvalue weighted by Gasteiger charge is -2.11. The summed E-state index contributed by atoms with van der Waals surface area (Å²) in [6.07, 6.45) is 2.69. The predicted molar refractivity (Wildman–Crippen MR) is 86.3 cm³/mol. The molecule has 1 N–H and O–H groups in total. The van der Waals surface area contributed by atoms with Crippen LogP contribution in [-0.2, 0) is 0 Å². The third-order valence-corrected chi connectivity index (χ3v) is 3.53. The minimum atomic E-state index is -0.337. The zero-order chi connectivity index (χ0) is 16.2. The van der Waals surface area contributed by atoms with E-state index in [0.29, 0.717) is 23.3 Å². The summed E-state index contributed by atoms with van der Waals surface area (Å²) in [6, 6.07) is 10.2. The molecule has 0 aliphatic rings. The SMILES string of the molecule is CC[C@@H](C)Nc1ccc(-c2nc(-c3cccc(F)c3)no2)cn1. The highest BCUT2D eigenvalue weighted by Gasteiger charge is 2.11.